The van der Waals surface area contributed by atoms with E-state index >= 15 is 0 Å². The molecule has 5 nitrogen and oxygen atoms in total. The van der Waals surface area contributed by atoms with Gasteiger partial charge in [-0.3, -0.25) is 4.79 Å². The van der Waals surface area contributed by atoms with Gasteiger partial charge in [-0.1, -0.05) is 29.8 Å². The van der Waals surface area contributed by atoms with Gasteiger partial charge in [0.15, 0.2) is 0 Å². The number of hydrogen-bond donors (Lipinski definition) is 1. The predicted octanol–water partition coefficient (Wildman–Crippen LogP) is 2.88. The molecule has 1 N–H and O–H groups in total. The van der Waals surface area contributed by atoms with Gasteiger partial charge in [-0.05, 0) is 12.5 Å². The lowest BCUT2D eigenvalue weighted by Gasteiger charge is -2.15. The summed E-state index contributed by atoms with van der Waals surface area (Å²) in [5, 5.41) is 2.91. The third-order valence-corrected chi connectivity index (χ3v) is 3.73. The van der Waals surface area contributed by atoms with Crippen molar-refractivity contribution in [3.63, 3.8) is 0 Å². The van der Waals surface area contributed by atoms with Gasteiger partial charge in [-0.25, -0.2) is 0 Å². The quantitative estimate of drug-likeness (QED) is 0.848. The first-order valence-corrected chi connectivity index (χ1v) is 7.68. The molecule has 0 bridgehead atoms. The van der Waals surface area contributed by atoms with Gasteiger partial charge < -0.3 is 19.5 Å². The van der Waals surface area contributed by atoms with Gasteiger partial charge in [0.25, 0.3) is 0 Å². The van der Waals surface area contributed by atoms with E-state index in [0.29, 0.717) is 30.2 Å². The van der Waals surface area contributed by atoms with Gasteiger partial charge in [-0.2, -0.15) is 0 Å². The van der Waals surface area contributed by atoms with Crippen LogP contribution in [0.2, 0.25) is 0 Å². The van der Waals surface area contributed by atoms with Crippen molar-refractivity contribution in [2.45, 2.75) is 19.9 Å². The zero-order chi connectivity index (χ0) is 17.5. The summed E-state index contributed by atoms with van der Waals surface area (Å²) in [6.07, 6.45) is 0.336. The Morgan fingerprint density at radius 2 is 1.67 bits per heavy atom. The second-order valence-electron chi connectivity index (χ2n) is 5.45. The minimum Gasteiger partial charge on any atom is -0.496 e. The number of benzene rings is 2. The third kappa shape index (κ3) is 4.41. The molecule has 0 saturated carbocycles. The summed E-state index contributed by atoms with van der Waals surface area (Å²) in [6, 6.07) is 11.5. The molecule has 0 spiro atoms. The number of rotatable bonds is 7. The second-order valence-corrected chi connectivity index (χ2v) is 5.45. The first-order chi connectivity index (χ1) is 11.6. The molecule has 24 heavy (non-hydrogen) atoms. The lowest BCUT2D eigenvalue weighted by atomic mass is 10.1. The normalized spacial score (nSPS) is 10.2. The van der Waals surface area contributed by atoms with Gasteiger partial charge in [0.05, 0.1) is 39.9 Å². The topological polar surface area (TPSA) is 56.8 Å². The molecule has 2 rings (SSSR count). The SMILES string of the molecule is COc1cc(OC)c(CNC(=O)Cc2cccc(C)c2)c(OC)c1. The minimum atomic E-state index is -0.0551. The highest BCUT2D eigenvalue weighted by Gasteiger charge is 2.14. The molecule has 128 valence electrons. The number of carbonyl (C=O) groups excluding carboxylic acids is 1. The van der Waals surface area contributed by atoms with Crippen LogP contribution in [0.3, 0.4) is 0 Å². The van der Waals surface area contributed by atoms with Crippen LogP contribution < -0.4 is 19.5 Å². The first kappa shape index (κ1) is 17.7. The van der Waals surface area contributed by atoms with Crippen molar-refractivity contribution in [1.29, 1.82) is 0 Å². The van der Waals surface area contributed by atoms with Gasteiger partial charge >= 0.3 is 0 Å². The van der Waals surface area contributed by atoms with E-state index in [-0.39, 0.29) is 5.91 Å². The Kier molecular flexibility index (Phi) is 6.07. The van der Waals surface area contributed by atoms with E-state index < -0.39 is 0 Å². The molecule has 0 aliphatic rings. The maximum Gasteiger partial charge on any atom is 0.224 e. The number of aryl methyl sites for hydroxylation is 1. The van der Waals surface area contributed by atoms with Crippen LogP contribution in [0, 0.1) is 6.92 Å². The molecule has 0 fully saturated rings. The zero-order valence-electron chi connectivity index (χ0n) is 14.5. The highest BCUT2D eigenvalue weighted by Crippen LogP contribution is 2.33. The number of ether oxygens (including phenoxy) is 3. The number of carbonyl (C=O) groups is 1. The van der Waals surface area contributed by atoms with E-state index in [1.807, 2.05) is 31.2 Å². The molecule has 0 atom stereocenters. The van der Waals surface area contributed by atoms with Crippen LogP contribution in [0.5, 0.6) is 17.2 Å². The average molecular weight is 329 g/mol. The summed E-state index contributed by atoms with van der Waals surface area (Å²) < 4.78 is 16.0. The van der Waals surface area contributed by atoms with Crippen LogP contribution in [-0.4, -0.2) is 27.2 Å². The van der Waals surface area contributed by atoms with Crippen molar-refractivity contribution in [3.8, 4) is 17.2 Å². The highest BCUT2D eigenvalue weighted by atomic mass is 16.5. The van der Waals surface area contributed by atoms with Gasteiger partial charge in [0.2, 0.25) is 5.91 Å². The average Bonchev–Trinajstić information content (AvgIpc) is 2.59. The highest BCUT2D eigenvalue weighted by molar-refractivity contribution is 5.78. The van der Waals surface area contributed by atoms with E-state index in [1.165, 1.54) is 0 Å². The summed E-state index contributed by atoms with van der Waals surface area (Å²) in [7, 11) is 4.73. The number of amides is 1. The standard InChI is InChI=1S/C19H23NO4/c1-13-6-5-7-14(8-13)9-19(21)20-12-16-17(23-3)10-15(22-2)11-18(16)24-4/h5-8,10-11H,9,12H2,1-4H3,(H,20,21). The number of hydrogen-bond acceptors (Lipinski definition) is 4. The predicted molar refractivity (Wildman–Crippen MR) is 92.8 cm³/mol. The zero-order valence-corrected chi connectivity index (χ0v) is 14.5. The maximum absolute atomic E-state index is 12.2. The summed E-state index contributed by atoms with van der Waals surface area (Å²) >= 11 is 0. The van der Waals surface area contributed by atoms with E-state index in [1.54, 1.807) is 33.5 Å². The van der Waals surface area contributed by atoms with Crippen LogP contribution in [0.15, 0.2) is 36.4 Å². The third-order valence-electron chi connectivity index (χ3n) is 3.73. The molecular formula is C19H23NO4. The summed E-state index contributed by atoms with van der Waals surface area (Å²) in [5.41, 5.74) is 2.90. The molecule has 0 heterocycles. The van der Waals surface area contributed by atoms with Crippen LogP contribution in [0.25, 0.3) is 0 Å². The fourth-order valence-corrected chi connectivity index (χ4v) is 2.51. The van der Waals surface area contributed by atoms with E-state index in [2.05, 4.69) is 5.32 Å². The van der Waals surface area contributed by atoms with Crippen LogP contribution in [-0.2, 0) is 17.8 Å². The fraction of sp³-hybridized carbons (Fsp3) is 0.316. The molecular weight excluding hydrogens is 306 g/mol. The van der Waals surface area contributed by atoms with Crippen molar-refractivity contribution in [2.24, 2.45) is 0 Å². The largest absolute Gasteiger partial charge is 0.496 e. The van der Waals surface area contributed by atoms with Crippen molar-refractivity contribution >= 4 is 5.91 Å². The summed E-state index contributed by atoms with van der Waals surface area (Å²) in [5.74, 6) is 1.81. The van der Waals surface area contributed by atoms with Gasteiger partial charge in [0.1, 0.15) is 17.2 Å². The second kappa shape index (κ2) is 8.24. The van der Waals surface area contributed by atoms with Crippen LogP contribution >= 0.6 is 0 Å². The molecule has 0 aliphatic carbocycles. The number of nitrogens with one attached hydrogen (secondary N) is 1. The first-order valence-electron chi connectivity index (χ1n) is 7.68. The number of methoxy groups -OCH3 is 3. The van der Waals surface area contributed by atoms with E-state index in [0.717, 1.165) is 16.7 Å². The Bertz CT molecular complexity index is 687. The lowest BCUT2D eigenvalue weighted by Crippen LogP contribution is -2.25. The van der Waals surface area contributed by atoms with Gasteiger partial charge in [0, 0.05) is 12.1 Å². The van der Waals surface area contributed by atoms with Crippen molar-refractivity contribution in [1.82, 2.24) is 5.32 Å². The molecule has 2 aromatic carbocycles. The Hall–Kier alpha value is -2.69. The fourth-order valence-electron chi connectivity index (χ4n) is 2.51. The Labute approximate surface area is 142 Å². The van der Waals surface area contributed by atoms with Crippen LogP contribution in [0.1, 0.15) is 16.7 Å². The molecule has 1 amide bonds. The summed E-state index contributed by atoms with van der Waals surface area (Å²) in [4.78, 5) is 12.2. The monoisotopic (exact) mass is 329 g/mol. The molecule has 2 aromatic rings. The Balaban J connectivity index is 2.09. The van der Waals surface area contributed by atoms with Gasteiger partial charge in [-0.15, -0.1) is 0 Å². The molecule has 0 aromatic heterocycles. The molecule has 0 radical (unpaired) electrons. The summed E-state index contributed by atoms with van der Waals surface area (Å²) in [6.45, 7) is 2.33. The Morgan fingerprint density at radius 3 is 2.21 bits per heavy atom. The van der Waals surface area contributed by atoms with E-state index in [9.17, 15) is 4.79 Å². The van der Waals surface area contributed by atoms with Crippen molar-refractivity contribution < 1.29 is 19.0 Å². The molecule has 0 unspecified atom stereocenters. The van der Waals surface area contributed by atoms with Crippen LogP contribution in [0.4, 0.5) is 0 Å². The minimum absolute atomic E-state index is 0.0551. The lowest BCUT2D eigenvalue weighted by molar-refractivity contribution is -0.120. The smallest absolute Gasteiger partial charge is 0.224 e. The Morgan fingerprint density at radius 1 is 1.00 bits per heavy atom. The molecule has 5 heteroatoms. The van der Waals surface area contributed by atoms with Crippen molar-refractivity contribution in [2.75, 3.05) is 21.3 Å². The maximum atomic E-state index is 12.2. The van der Waals surface area contributed by atoms with E-state index in [4.69, 9.17) is 14.2 Å². The molecule has 0 aliphatic heterocycles. The molecule has 0 saturated heterocycles. The van der Waals surface area contributed by atoms with Crippen molar-refractivity contribution in [3.05, 3.63) is 53.1 Å².